The number of carbonyl (C=O) groups is 1. The van der Waals surface area contributed by atoms with Crippen molar-refractivity contribution >= 4 is 6.03 Å². The standard InChI is InChI=1S/C17H24N4O/c1-4-14(5-2)18-17(22)21(3)12-15-11-16(20-19-15)13-9-7-6-8-10-13/h6-11,14H,4-5,12H2,1-3H3,(H,18,22)(H,19,20). The third-order valence-corrected chi connectivity index (χ3v) is 3.77. The maximum atomic E-state index is 12.1. The van der Waals surface area contributed by atoms with E-state index in [2.05, 4.69) is 29.4 Å². The topological polar surface area (TPSA) is 61.0 Å². The molecule has 0 spiro atoms. The maximum absolute atomic E-state index is 12.1. The minimum atomic E-state index is -0.0513. The fourth-order valence-electron chi connectivity index (χ4n) is 2.30. The van der Waals surface area contributed by atoms with E-state index in [0.29, 0.717) is 6.54 Å². The van der Waals surface area contributed by atoms with Gasteiger partial charge in [-0.1, -0.05) is 44.2 Å². The Bertz CT molecular complexity index is 590. The zero-order valence-electron chi connectivity index (χ0n) is 13.5. The Morgan fingerprint density at radius 3 is 2.59 bits per heavy atom. The van der Waals surface area contributed by atoms with Crippen LogP contribution in [0.1, 0.15) is 32.4 Å². The second-order valence-electron chi connectivity index (χ2n) is 5.46. The Kier molecular flexibility index (Phi) is 5.58. The van der Waals surface area contributed by atoms with Crippen LogP contribution < -0.4 is 5.32 Å². The van der Waals surface area contributed by atoms with Crippen molar-refractivity contribution in [2.75, 3.05) is 7.05 Å². The molecule has 0 aliphatic heterocycles. The van der Waals surface area contributed by atoms with E-state index in [1.165, 1.54) is 0 Å². The number of rotatable bonds is 6. The largest absolute Gasteiger partial charge is 0.335 e. The fraction of sp³-hybridized carbons (Fsp3) is 0.412. The summed E-state index contributed by atoms with van der Waals surface area (Å²) in [7, 11) is 1.79. The molecule has 1 aromatic carbocycles. The van der Waals surface area contributed by atoms with Gasteiger partial charge in [0.15, 0.2) is 0 Å². The highest BCUT2D eigenvalue weighted by molar-refractivity contribution is 5.74. The smallest absolute Gasteiger partial charge is 0.317 e. The molecule has 0 radical (unpaired) electrons. The molecule has 0 aliphatic rings. The Labute approximate surface area is 131 Å². The van der Waals surface area contributed by atoms with Crippen molar-refractivity contribution in [1.29, 1.82) is 0 Å². The molecule has 2 rings (SSSR count). The third kappa shape index (κ3) is 4.10. The highest BCUT2D eigenvalue weighted by Crippen LogP contribution is 2.17. The van der Waals surface area contributed by atoms with E-state index in [0.717, 1.165) is 29.8 Å². The first kappa shape index (κ1) is 16.1. The summed E-state index contributed by atoms with van der Waals surface area (Å²) >= 11 is 0. The molecule has 0 atom stereocenters. The summed E-state index contributed by atoms with van der Waals surface area (Å²) < 4.78 is 0. The van der Waals surface area contributed by atoms with E-state index >= 15 is 0 Å². The lowest BCUT2D eigenvalue weighted by atomic mass is 10.1. The molecule has 1 heterocycles. The van der Waals surface area contributed by atoms with Crippen molar-refractivity contribution in [2.45, 2.75) is 39.3 Å². The first-order valence-corrected chi connectivity index (χ1v) is 7.75. The molecule has 118 valence electrons. The van der Waals surface area contributed by atoms with Crippen LogP contribution in [0.3, 0.4) is 0 Å². The van der Waals surface area contributed by atoms with Gasteiger partial charge in [-0.15, -0.1) is 0 Å². The molecule has 0 unspecified atom stereocenters. The average Bonchev–Trinajstić information content (AvgIpc) is 3.01. The van der Waals surface area contributed by atoms with Crippen LogP contribution in [-0.2, 0) is 6.54 Å². The second kappa shape index (κ2) is 7.64. The van der Waals surface area contributed by atoms with Crippen LogP contribution in [0.15, 0.2) is 36.4 Å². The van der Waals surface area contributed by atoms with Gasteiger partial charge in [0.2, 0.25) is 0 Å². The Morgan fingerprint density at radius 1 is 1.27 bits per heavy atom. The molecule has 2 amide bonds. The Hall–Kier alpha value is -2.30. The zero-order valence-corrected chi connectivity index (χ0v) is 13.5. The van der Waals surface area contributed by atoms with Gasteiger partial charge in [-0.25, -0.2) is 4.79 Å². The highest BCUT2D eigenvalue weighted by atomic mass is 16.2. The number of nitrogens with one attached hydrogen (secondary N) is 2. The van der Waals surface area contributed by atoms with Gasteiger partial charge >= 0.3 is 6.03 Å². The SMILES string of the molecule is CCC(CC)NC(=O)N(C)Cc1cc(-c2ccccc2)n[nH]1. The number of aromatic nitrogens is 2. The Balaban J connectivity index is 1.96. The average molecular weight is 300 g/mol. The normalized spacial score (nSPS) is 10.7. The molecular formula is C17H24N4O. The van der Waals surface area contributed by atoms with Crippen LogP contribution in [0.2, 0.25) is 0 Å². The van der Waals surface area contributed by atoms with Gasteiger partial charge < -0.3 is 10.2 Å². The lowest BCUT2D eigenvalue weighted by molar-refractivity contribution is 0.201. The van der Waals surface area contributed by atoms with Gasteiger partial charge in [0.25, 0.3) is 0 Å². The maximum Gasteiger partial charge on any atom is 0.317 e. The number of carbonyl (C=O) groups excluding carboxylic acids is 1. The number of nitrogens with zero attached hydrogens (tertiary/aromatic N) is 2. The van der Waals surface area contributed by atoms with Gasteiger partial charge in [0, 0.05) is 18.7 Å². The zero-order chi connectivity index (χ0) is 15.9. The minimum absolute atomic E-state index is 0.0513. The summed E-state index contributed by atoms with van der Waals surface area (Å²) in [6.07, 6.45) is 1.89. The molecule has 0 aliphatic carbocycles. The van der Waals surface area contributed by atoms with E-state index in [1.54, 1.807) is 11.9 Å². The van der Waals surface area contributed by atoms with E-state index in [9.17, 15) is 4.79 Å². The molecule has 1 aromatic heterocycles. The monoisotopic (exact) mass is 300 g/mol. The number of H-pyrrole nitrogens is 1. The lowest BCUT2D eigenvalue weighted by Gasteiger charge is -2.21. The van der Waals surface area contributed by atoms with Gasteiger partial charge in [-0.2, -0.15) is 5.10 Å². The second-order valence-corrected chi connectivity index (χ2v) is 5.46. The number of urea groups is 1. The van der Waals surface area contributed by atoms with Crippen LogP contribution in [0.25, 0.3) is 11.3 Å². The summed E-state index contributed by atoms with van der Waals surface area (Å²) in [5, 5.41) is 10.3. The molecule has 2 N–H and O–H groups in total. The van der Waals surface area contributed by atoms with Crippen molar-refractivity contribution in [1.82, 2.24) is 20.4 Å². The van der Waals surface area contributed by atoms with E-state index in [1.807, 2.05) is 36.4 Å². The Morgan fingerprint density at radius 2 is 1.95 bits per heavy atom. The number of amides is 2. The number of hydrogen-bond donors (Lipinski definition) is 2. The van der Waals surface area contributed by atoms with Crippen LogP contribution in [0.4, 0.5) is 4.79 Å². The number of benzene rings is 1. The summed E-state index contributed by atoms with van der Waals surface area (Å²) in [4.78, 5) is 13.8. The molecule has 5 heteroatoms. The molecule has 0 bridgehead atoms. The number of aromatic amines is 1. The van der Waals surface area contributed by atoms with E-state index < -0.39 is 0 Å². The summed E-state index contributed by atoms with van der Waals surface area (Å²) in [5.41, 5.74) is 2.87. The van der Waals surface area contributed by atoms with Crippen molar-refractivity contribution in [3.8, 4) is 11.3 Å². The molecule has 2 aromatic rings. The van der Waals surface area contributed by atoms with Crippen LogP contribution >= 0.6 is 0 Å². The molecule has 22 heavy (non-hydrogen) atoms. The summed E-state index contributed by atoms with van der Waals surface area (Å²) in [5.74, 6) is 0. The first-order valence-electron chi connectivity index (χ1n) is 7.75. The molecular weight excluding hydrogens is 276 g/mol. The first-order chi connectivity index (χ1) is 10.6. The minimum Gasteiger partial charge on any atom is -0.335 e. The predicted octanol–water partition coefficient (Wildman–Crippen LogP) is 3.41. The van der Waals surface area contributed by atoms with Crippen molar-refractivity contribution in [2.24, 2.45) is 0 Å². The fourth-order valence-corrected chi connectivity index (χ4v) is 2.30. The molecule has 0 saturated carbocycles. The predicted molar refractivity (Wildman–Crippen MR) is 88.4 cm³/mol. The van der Waals surface area contributed by atoms with Gasteiger partial charge in [-0.3, -0.25) is 5.10 Å². The van der Waals surface area contributed by atoms with Crippen molar-refractivity contribution in [3.05, 3.63) is 42.1 Å². The summed E-state index contributed by atoms with van der Waals surface area (Å²) in [6.45, 7) is 4.66. The van der Waals surface area contributed by atoms with Crippen LogP contribution in [0.5, 0.6) is 0 Å². The van der Waals surface area contributed by atoms with Crippen molar-refractivity contribution < 1.29 is 4.79 Å². The van der Waals surface area contributed by atoms with E-state index in [4.69, 9.17) is 0 Å². The van der Waals surface area contributed by atoms with Crippen LogP contribution in [-0.4, -0.2) is 34.2 Å². The van der Waals surface area contributed by atoms with Gasteiger partial charge in [-0.05, 0) is 18.9 Å². The van der Waals surface area contributed by atoms with Gasteiger partial charge in [0.05, 0.1) is 17.9 Å². The lowest BCUT2D eigenvalue weighted by Crippen LogP contribution is -2.42. The number of hydrogen-bond acceptors (Lipinski definition) is 2. The third-order valence-electron chi connectivity index (χ3n) is 3.77. The van der Waals surface area contributed by atoms with Gasteiger partial charge in [0.1, 0.15) is 0 Å². The van der Waals surface area contributed by atoms with Crippen LogP contribution in [0, 0.1) is 0 Å². The quantitative estimate of drug-likeness (QED) is 0.859. The molecule has 0 saturated heterocycles. The van der Waals surface area contributed by atoms with Crippen molar-refractivity contribution in [3.63, 3.8) is 0 Å². The highest BCUT2D eigenvalue weighted by Gasteiger charge is 2.14. The summed E-state index contributed by atoms with van der Waals surface area (Å²) in [6, 6.07) is 12.1. The molecule has 5 nitrogen and oxygen atoms in total. The van der Waals surface area contributed by atoms with E-state index in [-0.39, 0.29) is 12.1 Å². The molecule has 0 fully saturated rings.